The molecule has 2 nitrogen and oxygen atoms in total. The molecule has 2 unspecified atom stereocenters. The average Bonchev–Trinajstić information content (AvgIpc) is 2.21. The van der Waals surface area contributed by atoms with E-state index in [0.717, 1.165) is 6.42 Å². The standard InChI is InChI=1S/C12H24O2S/c1-11(2,3)9-7-8-15(13,14)10(9)12(4,5)6/h9-10H,7-8H2,1-6H3. The van der Waals surface area contributed by atoms with Crippen molar-refractivity contribution in [2.75, 3.05) is 5.75 Å². The molecule has 1 aliphatic rings. The molecule has 1 heterocycles. The van der Waals surface area contributed by atoms with Gasteiger partial charge in [0.1, 0.15) is 0 Å². The van der Waals surface area contributed by atoms with Crippen molar-refractivity contribution in [2.45, 2.75) is 53.2 Å². The summed E-state index contributed by atoms with van der Waals surface area (Å²) in [5.41, 5.74) is -0.0607. The van der Waals surface area contributed by atoms with Crippen LogP contribution in [0.3, 0.4) is 0 Å². The molecule has 1 saturated heterocycles. The Balaban J connectivity index is 3.15. The first-order valence-electron chi connectivity index (χ1n) is 5.68. The summed E-state index contributed by atoms with van der Waals surface area (Å²) in [6.07, 6.45) is 0.827. The van der Waals surface area contributed by atoms with Gasteiger partial charge in [0, 0.05) is 0 Å². The van der Waals surface area contributed by atoms with Crippen LogP contribution in [-0.4, -0.2) is 19.4 Å². The minimum atomic E-state index is -2.88. The molecule has 0 amide bonds. The van der Waals surface area contributed by atoms with Crippen molar-refractivity contribution in [3.63, 3.8) is 0 Å². The molecule has 0 aliphatic carbocycles. The largest absolute Gasteiger partial charge is 0.229 e. The third kappa shape index (κ3) is 2.55. The number of hydrogen-bond donors (Lipinski definition) is 0. The molecule has 0 N–H and O–H groups in total. The van der Waals surface area contributed by atoms with Crippen LogP contribution >= 0.6 is 0 Å². The highest BCUT2D eigenvalue weighted by molar-refractivity contribution is 7.92. The maximum atomic E-state index is 12.1. The van der Waals surface area contributed by atoms with E-state index < -0.39 is 9.84 Å². The summed E-state index contributed by atoms with van der Waals surface area (Å²) in [6, 6.07) is 0. The topological polar surface area (TPSA) is 34.1 Å². The molecule has 0 spiro atoms. The summed E-state index contributed by atoms with van der Waals surface area (Å²) < 4.78 is 24.1. The lowest BCUT2D eigenvalue weighted by Gasteiger charge is -2.38. The Morgan fingerprint density at radius 1 is 0.933 bits per heavy atom. The van der Waals surface area contributed by atoms with Gasteiger partial charge < -0.3 is 0 Å². The third-order valence-electron chi connectivity index (χ3n) is 3.43. The van der Waals surface area contributed by atoms with Crippen LogP contribution in [0.2, 0.25) is 0 Å². The van der Waals surface area contributed by atoms with Gasteiger partial charge in [0.25, 0.3) is 0 Å². The van der Waals surface area contributed by atoms with E-state index in [9.17, 15) is 8.42 Å². The average molecular weight is 232 g/mol. The van der Waals surface area contributed by atoms with Crippen molar-refractivity contribution in [2.24, 2.45) is 16.7 Å². The molecule has 0 saturated carbocycles. The number of hydrogen-bond acceptors (Lipinski definition) is 2. The van der Waals surface area contributed by atoms with Crippen LogP contribution in [0.5, 0.6) is 0 Å². The van der Waals surface area contributed by atoms with Crippen LogP contribution in [0.15, 0.2) is 0 Å². The highest BCUT2D eigenvalue weighted by atomic mass is 32.2. The van der Waals surface area contributed by atoms with Crippen molar-refractivity contribution in [3.05, 3.63) is 0 Å². The second-order valence-electron chi connectivity index (χ2n) is 6.91. The van der Waals surface area contributed by atoms with Crippen molar-refractivity contribution in [1.82, 2.24) is 0 Å². The SMILES string of the molecule is CC(C)(C)C1CCS(=O)(=O)C1C(C)(C)C. The lowest BCUT2D eigenvalue weighted by molar-refractivity contribution is 0.178. The van der Waals surface area contributed by atoms with Crippen molar-refractivity contribution in [3.8, 4) is 0 Å². The molecule has 15 heavy (non-hydrogen) atoms. The predicted molar refractivity (Wildman–Crippen MR) is 64.6 cm³/mol. The van der Waals surface area contributed by atoms with Gasteiger partial charge in [-0.3, -0.25) is 0 Å². The van der Waals surface area contributed by atoms with Gasteiger partial charge in [0.2, 0.25) is 0 Å². The molecule has 1 aliphatic heterocycles. The minimum absolute atomic E-state index is 0.0848. The summed E-state index contributed by atoms with van der Waals surface area (Å²) in [4.78, 5) is 0. The molecule has 0 aromatic carbocycles. The molecule has 0 bridgehead atoms. The predicted octanol–water partition coefficient (Wildman–Crippen LogP) is 2.88. The van der Waals surface area contributed by atoms with Gasteiger partial charge in [-0.15, -0.1) is 0 Å². The van der Waals surface area contributed by atoms with Crippen LogP contribution in [0.1, 0.15) is 48.0 Å². The summed E-state index contributed by atoms with van der Waals surface area (Å²) in [5, 5.41) is -0.176. The third-order valence-corrected chi connectivity index (χ3v) is 6.05. The van der Waals surface area contributed by atoms with Gasteiger partial charge in [-0.05, 0) is 23.2 Å². The minimum Gasteiger partial charge on any atom is -0.229 e. The first kappa shape index (κ1) is 13.0. The Bertz CT molecular complexity index is 328. The molecule has 3 heteroatoms. The van der Waals surface area contributed by atoms with Crippen molar-refractivity contribution >= 4 is 9.84 Å². The summed E-state index contributed by atoms with van der Waals surface area (Å²) in [6.45, 7) is 12.6. The maximum Gasteiger partial charge on any atom is 0.153 e. The summed E-state index contributed by atoms with van der Waals surface area (Å²) in [7, 11) is -2.88. The van der Waals surface area contributed by atoms with E-state index in [1.165, 1.54) is 0 Å². The molecule has 1 fully saturated rings. The van der Waals surface area contributed by atoms with Crippen LogP contribution in [0.25, 0.3) is 0 Å². The molecule has 0 aromatic rings. The fourth-order valence-electron chi connectivity index (χ4n) is 2.85. The van der Waals surface area contributed by atoms with E-state index >= 15 is 0 Å². The molecule has 0 aromatic heterocycles. The molecular weight excluding hydrogens is 208 g/mol. The Morgan fingerprint density at radius 2 is 1.40 bits per heavy atom. The van der Waals surface area contributed by atoms with Gasteiger partial charge in [-0.2, -0.15) is 0 Å². The molecule has 90 valence electrons. The molecule has 2 atom stereocenters. The van der Waals surface area contributed by atoms with Crippen LogP contribution in [0, 0.1) is 16.7 Å². The Hall–Kier alpha value is -0.0500. The monoisotopic (exact) mass is 232 g/mol. The second-order valence-corrected chi connectivity index (χ2v) is 9.16. The maximum absolute atomic E-state index is 12.1. The Kier molecular flexibility index (Phi) is 3.01. The highest BCUT2D eigenvalue weighted by Crippen LogP contribution is 2.46. The van der Waals surface area contributed by atoms with Crippen molar-refractivity contribution < 1.29 is 8.42 Å². The zero-order chi connectivity index (χ0) is 12.1. The van der Waals surface area contributed by atoms with E-state index in [0.29, 0.717) is 11.7 Å². The van der Waals surface area contributed by atoms with Crippen LogP contribution in [0.4, 0.5) is 0 Å². The van der Waals surface area contributed by atoms with E-state index in [1.54, 1.807) is 0 Å². The van der Waals surface area contributed by atoms with Gasteiger partial charge in [-0.1, -0.05) is 41.5 Å². The molecule has 0 radical (unpaired) electrons. The Labute approximate surface area is 94.4 Å². The first-order valence-corrected chi connectivity index (χ1v) is 7.39. The smallest absolute Gasteiger partial charge is 0.153 e. The van der Waals surface area contributed by atoms with Crippen molar-refractivity contribution in [1.29, 1.82) is 0 Å². The first-order chi connectivity index (χ1) is 6.46. The number of rotatable bonds is 0. The molecule has 1 rings (SSSR count). The van der Waals surface area contributed by atoms with Crippen LogP contribution < -0.4 is 0 Å². The van der Waals surface area contributed by atoms with E-state index in [4.69, 9.17) is 0 Å². The normalized spacial score (nSPS) is 31.9. The quantitative estimate of drug-likeness (QED) is 0.643. The zero-order valence-electron chi connectivity index (χ0n) is 10.8. The van der Waals surface area contributed by atoms with Gasteiger partial charge in [-0.25, -0.2) is 8.42 Å². The molecular formula is C12H24O2S. The fraction of sp³-hybridized carbons (Fsp3) is 1.00. The van der Waals surface area contributed by atoms with Gasteiger partial charge in [0.05, 0.1) is 11.0 Å². The highest BCUT2D eigenvalue weighted by Gasteiger charge is 2.50. The lowest BCUT2D eigenvalue weighted by Crippen LogP contribution is -2.40. The zero-order valence-corrected chi connectivity index (χ0v) is 11.6. The van der Waals surface area contributed by atoms with Gasteiger partial charge >= 0.3 is 0 Å². The summed E-state index contributed by atoms with van der Waals surface area (Å²) in [5.74, 6) is 0.666. The van der Waals surface area contributed by atoms with Crippen LogP contribution in [-0.2, 0) is 9.84 Å². The van der Waals surface area contributed by atoms with E-state index in [2.05, 4.69) is 20.8 Å². The second kappa shape index (κ2) is 3.47. The van der Waals surface area contributed by atoms with Gasteiger partial charge in [0.15, 0.2) is 9.84 Å². The van der Waals surface area contributed by atoms with E-state index in [1.807, 2.05) is 20.8 Å². The van der Waals surface area contributed by atoms with E-state index in [-0.39, 0.29) is 16.1 Å². The summed E-state index contributed by atoms with van der Waals surface area (Å²) >= 11 is 0. The lowest BCUT2D eigenvalue weighted by atomic mass is 9.71. The number of sulfone groups is 1. The Morgan fingerprint density at radius 3 is 1.67 bits per heavy atom. The fourth-order valence-corrected chi connectivity index (χ4v) is 5.81.